The molecule has 14 heteroatoms. The molecule has 1 aliphatic carbocycles. The number of carbonyl (C=O) groups excluding carboxylic acids is 1. The number of nitrogens with zero attached hydrogens (tertiary/aromatic N) is 1. The molecule has 268 valence electrons. The first kappa shape index (κ1) is 39.8. The molecule has 47 heavy (non-hydrogen) atoms. The van der Waals surface area contributed by atoms with E-state index < -0.39 is 43.3 Å². The van der Waals surface area contributed by atoms with E-state index in [9.17, 15) is 36.9 Å². The third-order valence-electron chi connectivity index (χ3n) is 9.18. The van der Waals surface area contributed by atoms with Gasteiger partial charge in [-0.2, -0.15) is 12.8 Å². The first-order chi connectivity index (χ1) is 22.3. The van der Waals surface area contributed by atoms with Crippen LogP contribution in [0.4, 0.5) is 0 Å². The number of esters is 1. The summed E-state index contributed by atoms with van der Waals surface area (Å²) in [7, 11) is -7.71. The zero-order chi connectivity index (χ0) is 34.6. The maximum atomic E-state index is 12.8. The molecule has 0 saturated heterocycles. The average Bonchev–Trinajstić information content (AvgIpc) is 3.59. The lowest BCUT2D eigenvalue weighted by Crippen LogP contribution is -2.33. The molecular formula is C33H54N2O9S3. The molecule has 1 aromatic heterocycles. The van der Waals surface area contributed by atoms with Gasteiger partial charge in [0, 0.05) is 30.7 Å². The second-order valence-corrected chi connectivity index (χ2v) is 18.3. The zero-order valence-electron chi connectivity index (χ0n) is 27.9. The van der Waals surface area contributed by atoms with Crippen molar-refractivity contribution < 1.29 is 41.7 Å². The number of unbranched alkanes of at least 4 members (excludes halogenated alkanes) is 3. The number of aliphatic hydroxyl groups is 3. The number of hydrogen-bond donors (Lipinski definition) is 4. The van der Waals surface area contributed by atoms with Crippen molar-refractivity contribution in [3.8, 4) is 0 Å². The quantitative estimate of drug-likeness (QED) is 0.0630. The average molecular weight is 719 g/mol. The number of thiophene rings is 1. The van der Waals surface area contributed by atoms with Crippen LogP contribution in [0.25, 0.3) is 0 Å². The van der Waals surface area contributed by atoms with Crippen molar-refractivity contribution in [2.75, 3.05) is 13.2 Å². The molecule has 3 rings (SSSR count). The van der Waals surface area contributed by atoms with Gasteiger partial charge in [0.05, 0.1) is 30.2 Å². The molecule has 1 aliphatic heterocycles. The topological polar surface area (TPSA) is 180 Å². The monoisotopic (exact) mass is 718 g/mol. The Morgan fingerprint density at radius 2 is 1.85 bits per heavy atom. The van der Waals surface area contributed by atoms with Gasteiger partial charge in [-0.15, -0.1) is 11.3 Å². The lowest BCUT2D eigenvalue weighted by Gasteiger charge is -2.27. The number of sulfonamides is 1. The minimum atomic E-state index is -4.11. The number of ether oxygens (including phenoxy) is 1. The summed E-state index contributed by atoms with van der Waals surface area (Å²) in [5.41, 5.74) is 0.468. The van der Waals surface area contributed by atoms with Crippen molar-refractivity contribution in [2.45, 2.75) is 142 Å². The summed E-state index contributed by atoms with van der Waals surface area (Å²) in [6.45, 7) is 6.25. The predicted molar refractivity (Wildman–Crippen MR) is 184 cm³/mol. The van der Waals surface area contributed by atoms with Gasteiger partial charge < -0.3 is 25.4 Å². The highest BCUT2D eigenvalue weighted by atomic mass is 32.3. The van der Waals surface area contributed by atoms with Crippen LogP contribution in [0.5, 0.6) is 0 Å². The fraction of sp³-hybridized carbons (Fsp3) is 0.758. The van der Waals surface area contributed by atoms with E-state index in [1.165, 1.54) is 6.07 Å². The van der Waals surface area contributed by atoms with Crippen molar-refractivity contribution in [1.82, 2.24) is 5.32 Å². The molecule has 1 aromatic rings. The summed E-state index contributed by atoms with van der Waals surface area (Å²) in [6.07, 6.45) is 11.7. The summed E-state index contributed by atoms with van der Waals surface area (Å²) in [5, 5.41) is 33.8. The summed E-state index contributed by atoms with van der Waals surface area (Å²) < 4.78 is 60.1. The Kier molecular flexibility index (Phi) is 16.0. The maximum absolute atomic E-state index is 12.8. The zero-order valence-corrected chi connectivity index (χ0v) is 30.4. The van der Waals surface area contributed by atoms with Crippen LogP contribution in [-0.2, 0) is 29.4 Å². The van der Waals surface area contributed by atoms with Crippen LogP contribution in [0.1, 0.15) is 116 Å². The summed E-state index contributed by atoms with van der Waals surface area (Å²) in [6, 6.07) is 1.15. The molecule has 1 fully saturated rings. The molecule has 0 spiro atoms. The van der Waals surface area contributed by atoms with Gasteiger partial charge in [-0.25, -0.2) is 8.42 Å². The molecule has 2 aliphatic rings. The van der Waals surface area contributed by atoms with E-state index >= 15 is 0 Å². The van der Waals surface area contributed by atoms with Crippen molar-refractivity contribution in [3.05, 3.63) is 23.8 Å². The van der Waals surface area contributed by atoms with E-state index in [1.807, 2.05) is 19.1 Å². The lowest BCUT2D eigenvalue weighted by molar-refractivity contribution is -0.143. The number of hydrogen-bond acceptors (Lipinski definition) is 11. The summed E-state index contributed by atoms with van der Waals surface area (Å²) >= 11 is 0.726. The smallest absolute Gasteiger partial charge is 0.305 e. The number of carbonyl (C=O) groups is 1. The Balaban J connectivity index is 1.36. The van der Waals surface area contributed by atoms with E-state index in [1.54, 1.807) is 6.92 Å². The highest BCUT2D eigenvalue weighted by Crippen LogP contribution is 2.43. The molecule has 0 amide bonds. The van der Waals surface area contributed by atoms with Crippen molar-refractivity contribution in [3.63, 3.8) is 0 Å². The lowest BCUT2D eigenvalue weighted by atomic mass is 9.85. The van der Waals surface area contributed by atoms with E-state index in [4.69, 9.17) is 4.74 Å². The molecular weight excluding hydrogens is 665 g/mol. The number of nitrogens with one attached hydrogen (secondary N) is 1. The third-order valence-corrected chi connectivity index (χ3v) is 14.8. The highest BCUT2D eigenvalue weighted by molar-refractivity contribution is 7.96. The Hall–Kier alpha value is -1.68. The van der Waals surface area contributed by atoms with Gasteiger partial charge in [-0.05, 0) is 82.7 Å². The molecule has 7 atom stereocenters. The molecule has 2 heterocycles. The van der Waals surface area contributed by atoms with Gasteiger partial charge in [-0.1, -0.05) is 45.3 Å². The van der Waals surface area contributed by atoms with Crippen molar-refractivity contribution in [1.29, 1.82) is 0 Å². The van der Waals surface area contributed by atoms with Gasteiger partial charge in [-0.3, -0.25) is 4.79 Å². The Morgan fingerprint density at radius 1 is 1.11 bits per heavy atom. The first-order valence-corrected chi connectivity index (χ1v) is 20.9. The molecule has 11 nitrogen and oxygen atoms in total. The number of sulfone groups is 1. The van der Waals surface area contributed by atoms with Gasteiger partial charge >= 0.3 is 5.97 Å². The molecule has 0 radical (unpaired) electrons. The number of aliphatic hydroxyl groups excluding tert-OH is 3. The number of fused-ring (bicyclic) bond motifs is 1. The predicted octanol–water partition coefficient (Wildman–Crippen LogP) is 4.85. The minimum Gasteiger partial charge on any atom is -0.465 e. The van der Waals surface area contributed by atoms with Crippen LogP contribution in [0, 0.1) is 11.8 Å². The van der Waals surface area contributed by atoms with Crippen LogP contribution in [0.15, 0.2) is 31.0 Å². The highest BCUT2D eigenvalue weighted by Gasteiger charge is 2.41. The fourth-order valence-electron chi connectivity index (χ4n) is 6.47. The van der Waals surface area contributed by atoms with Crippen molar-refractivity contribution in [2.24, 2.45) is 16.2 Å². The molecule has 0 aromatic carbocycles. The molecule has 1 saturated carbocycles. The van der Waals surface area contributed by atoms with Crippen LogP contribution < -0.4 is 5.32 Å². The molecule has 4 N–H and O–H groups in total. The van der Waals surface area contributed by atoms with Gasteiger partial charge in [0.15, 0.2) is 9.84 Å². The molecule has 0 bridgehead atoms. The Labute approximate surface area is 284 Å². The van der Waals surface area contributed by atoms with Gasteiger partial charge in [0.2, 0.25) is 0 Å². The molecule has 0 unspecified atom stereocenters. The minimum absolute atomic E-state index is 0.0282. The number of allylic oxidation sites excluding steroid dienone is 2. The SMILES string of the molecule is CCCCC[C@H](O)CC[C@@H]1[C@@H](C/C=C\CCCC(=O)OCCC=NS(=O)(=O)c2cc3c(s2)S(=O)(=O)[C@@H](C)C[C@@H]3NCC)[C@@H](O)C[C@H]1O. The van der Waals surface area contributed by atoms with Crippen LogP contribution in [0.3, 0.4) is 0 Å². The fourth-order valence-corrected chi connectivity index (χ4v) is 11.4. The normalized spacial score (nSPS) is 26.6. The van der Waals surface area contributed by atoms with E-state index in [2.05, 4.69) is 16.6 Å². The van der Waals surface area contributed by atoms with Crippen LogP contribution in [0.2, 0.25) is 0 Å². The first-order valence-electron chi connectivity index (χ1n) is 17.1. The van der Waals surface area contributed by atoms with Crippen molar-refractivity contribution >= 4 is 43.4 Å². The number of rotatable bonds is 20. The summed E-state index contributed by atoms with van der Waals surface area (Å²) in [5.74, 6) is -0.507. The maximum Gasteiger partial charge on any atom is 0.305 e. The largest absolute Gasteiger partial charge is 0.465 e. The standard InChI is InChI=1S/C33H54N2O9S3/c1-4-6-9-13-24(36)16-17-26-25(29(37)22-30(26)38)14-10-7-8-11-15-31(39)44-19-12-18-35-47(42,43)32-21-27-28(34-5-2)20-23(3)46(40,41)33(27)45-32/h7,10,18,21,23-26,28-30,34,36-38H,4-6,8-9,11-17,19-20,22H2,1-3H3/b10-7-,35-18?/t23-,24-,25+,26+,28-,29-,30+/m0/s1. The van der Waals surface area contributed by atoms with E-state index in [0.29, 0.717) is 57.1 Å². The van der Waals surface area contributed by atoms with Crippen LogP contribution >= 0.6 is 11.3 Å². The van der Waals surface area contributed by atoms with Gasteiger partial charge in [0.25, 0.3) is 10.0 Å². The van der Waals surface area contributed by atoms with E-state index in [0.717, 1.165) is 43.2 Å². The Bertz CT molecular complexity index is 1410. The second kappa shape index (κ2) is 18.9. The summed E-state index contributed by atoms with van der Waals surface area (Å²) in [4.78, 5) is 12.1. The van der Waals surface area contributed by atoms with E-state index in [-0.39, 0.29) is 51.8 Å². The Morgan fingerprint density at radius 3 is 2.57 bits per heavy atom. The third kappa shape index (κ3) is 11.4. The second-order valence-electron chi connectivity index (χ2n) is 12.8. The van der Waals surface area contributed by atoms with Gasteiger partial charge in [0.1, 0.15) is 8.42 Å². The van der Waals surface area contributed by atoms with Crippen LogP contribution in [-0.4, -0.2) is 81.1 Å².